The highest BCUT2D eigenvalue weighted by Crippen LogP contribution is 2.49. The van der Waals surface area contributed by atoms with Crippen LogP contribution in [-0.2, 0) is 21.7 Å². The monoisotopic (exact) mass is 1180 g/mol. The molecule has 446 valence electrons. The minimum atomic E-state index is -0.132. The van der Waals surface area contributed by atoms with Crippen molar-refractivity contribution >= 4 is 57.2 Å². The second-order valence-corrected chi connectivity index (χ2v) is 29.2. The van der Waals surface area contributed by atoms with Gasteiger partial charge in [-0.2, -0.15) is 0 Å². The number of aromatic nitrogens is 2. The maximum absolute atomic E-state index is 5.90. The van der Waals surface area contributed by atoms with Crippen molar-refractivity contribution in [1.29, 1.82) is 0 Å². The molecule has 0 saturated carbocycles. The first-order chi connectivity index (χ1) is 43.6. The highest BCUT2D eigenvalue weighted by Gasteiger charge is 2.44. The van der Waals surface area contributed by atoms with Crippen molar-refractivity contribution in [2.24, 2.45) is 0 Å². The summed E-state index contributed by atoms with van der Waals surface area (Å²) in [7, 11) is 0. The second kappa shape index (κ2) is 22.6. The van der Waals surface area contributed by atoms with Gasteiger partial charge in [0.05, 0.1) is 11.4 Å². The zero-order valence-corrected chi connectivity index (χ0v) is 54.7. The molecule has 0 N–H and O–H groups in total. The van der Waals surface area contributed by atoms with E-state index in [2.05, 4.69) is 354 Å². The number of anilines is 6. The van der Waals surface area contributed by atoms with Gasteiger partial charge in [0.15, 0.2) is 5.82 Å². The Hall–Kier alpha value is -9.84. The van der Waals surface area contributed by atoms with Crippen molar-refractivity contribution in [3.63, 3.8) is 0 Å². The van der Waals surface area contributed by atoms with Crippen LogP contribution < -0.4 is 26.2 Å². The Bertz CT molecular complexity index is 4260. The van der Waals surface area contributed by atoms with E-state index < -0.39 is 0 Å². The minimum Gasteiger partial charge on any atom is -0.311 e. The van der Waals surface area contributed by atoms with E-state index in [0.29, 0.717) is 5.82 Å². The van der Waals surface area contributed by atoms with Crippen LogP contribution in [0.5, 0.6) is 0 Å². The van der Waals surface area contributed by atoms with Gasteiger partial charge in [0, 0.05) is 50.8 Å². The Balaban J connectivity index is 1.12. The van der Waals surface area contributed by atoms with Gasteiger partial charge in [-0.15, -0.1) is 0 Å². The van der Waals surface area contributed by atoms with Crippen LogP contribution in [0.1, 0.15) is 105 Å². The van der Waals surface area contributed by atoms with Gasteiger partial charge in [0.1, 0.15) is 0 Å². The van der Waals surface area contributed by atoms with Crippen LogP contribution in [0.15, 0.2) is 261 Å². The van der Waals surface area contributed by atoms with Gasteiger partial charge < -0.3 is 9.80 Å². The lowest BCUT2D eigenvalue weighted by atomic mass is 9.33. The fourth-order valence-corrected chi connectivity index (χ4v) is 13.4. The number of rotatable bonds is 9. The van der Waals surface area contributed by atoms with Gasteiger partial charge in [-0.25, -0.2) is 9.97 Å². The predicted octanol–water partition coefficient (Wildman–Crippen LogP) is 21.4. The molecule has 0 radical (unpaired) electrons. The molecule has 2 aliphatic heterocycles. The summed E-state index contributed by atoms with van der Waals surface area (Å²) >= 11 is 0. The van der Waals surface area contributed by atoms with Crippen LogP contribution >= 0.6 is 0 Å². The lowest BCUT2D eigenvalue weighted by Gasteiger charge is -2.44. The van der Waals surface area contributed by atoms with Crippen LogP contribution in [0.25, 0.3) is 78.4 Å². The SMILES string of the molecule is CC(C)(C)c1cc(-c2cc(-c3cc4c5c(c3)N(c3cc(-c6ccccc6)cc(-c6ccccc6)c3)c3ccccc3B5c3ccccc3N4c3cc(-c4ccccc4)cc(-c4ccccc4)c3)nc(-c3cc(C(C)(C)C)cc(C(C)(C)C)c3)n2)cc(C(C)(C)C)c1. The average molecular weight is 1180 g/mol. The third-order valence-corrected chi connectivity index (χ3v) is 18.6. The number of fused-ring (bicyclic) bond motifs is 4. The highest BCUT2D eigenvalue weighted by atomic mass is 15.2. The van der Waals surface area contributed by atoms with Crippen LogP contribution in [0, 0.1) is 0 Å². The van der Waals surface area contributed by atoms with Crippen molar-refractivity contribution < 1.29 is 0 Å². The number of para-hydroxylation sites is 2. The maximum Gasteiger partial charge on any atom is 0.252 e. The zero-order valence-electron chi connectivity index (χ0n) is 54.7. The molecule has 0 bridgehead atoms. The molecule has 0 aliphatic carbocycles. The van der Waals surface area contributed by atoms with Crippen molar-refractivity contribution in [2.45, 2.75) is 105 Å². The molecule has 4 nitrogen and oxygen atoms in total. The fourth-order valence-electron chi connectivity index (χ4n) is 13.4. The first kappa shape index (κ1) is 58.8. The first-order valence-electron chi connectivity index (χ1n) is 32.3. The van der Waals surface area contributed by atoms with E-state index >= 15 is 0 Å². The number of hydrogen-bond donors (Lipinski definition) is 0. The summed E-state index contributed by atoms with van der Waals surface area (Å²) < 4.78 is 0. The van der Waals surface area contributed by atoms with E-state index in [-0.39, 0.29) is 28.4 Å². The summed E-state index contributed by atoms with van der Waals surface area (Å²) in [6.45, 7) is 27.6. The third kappa shape index (κ3) is 11.3. The fraction of sp³-hybridized carbons (Fsp3) is 0.186. The topological polar surface area (TPSA) is 32.3 Å². The normalized spacial score (nSPS) is 13.0. The minimum absolute atomic E-state index is 0.112. The Kier molecular flexibility index (Phi) is 14.6. The maximum atomic E-state index is 5.90. The van der Waals surface area contributed by atoms with E-state index in [1.165, 1.54) is 38.6 Å². The highest BCUT2D eigenvalue weighted by molar-refractivity contribution is 7.00. The van der Waals surface area contributed by atoms with Gasteiger partial charge in [-0.05, 0) is 196 Å². The van der Waals surface area contributed by atoms with Crippen LogP contribution in [-0.4, -0.2) is 16.7 Å². The summed E-state index contributed by atoms with van der Waals surface area (Å²) in [6, 6.07) is 97.3. The molecule has 14 rings (SSSR count). The van der Waals surface area contributed by atoms with E-state index in [1.807, 2.05) is 0 Å². The van der Waals surface area contributed by atoms with Crippen LogP contribution in [0.4, 0.5) is 34.1 Å². The van der Waals surface area contributed by atoms with E-state index in [9.17, 15) is 0 Å². The summed E-state index contributed by atoms with van der Waals surface area (Å²) in [4.78, 5) is 16.8. The van der Waals surface area contributed by atoms with E-state index in [0.717, 1.165) is 107 Å². The quantitative estimate of drug-likeness (QED) is 0.135. The van der Waals surface area contributed by atoms with Crippen LogP contribution in [0.3, 0.4) is 0 Å². The molecule has 3 heterocycles. The number of hydrogen-bond acceptors (Lipinski definition) is 4. The van der Waals surface area contributed by atoms with Gasteiger partial charge in [0.2, 0.25) is 0 Å². The molecule has 0 fully saturated rings. The Morgan fingerprint density at radius 1 is 0.253 bits per heavy atom. The third-order valence-electron chi connectivity index (χ3n) is 18.6. The summed E-state index contributed by atoms with van der Waals surface area (Å²) in [5.41, 5.74) is 28.9. The Morgan fingerprint density at radius 2 is 0.549 bits per heavy atom. The molecule has 0 spiro atoms. The molecule has 0 saturated heterocycles. The molecule has 0 amide bonds. The molecule has 11 aromatic carbocycles. The van der Waals surface area contributed by atoms with Crippen molar-refractivity contribution in [3.8, 4) is 78.4 Å². The first-order valence-corrected chi connectivity index (χ1v) is 32.3. The molecular formula is C86H79BN4. The summed E-state index contributed by atoms with van der Waals surface area (Å²) in [5, 5.41) is 0. The molecule has 1 aromatic heterocycles. The van der Waals surface area contributed by atoms with Crippen molar-refractivity contribution in [1.82, 2.24) is 9.97 Å². The smallest absolute Gasteiger partial charge is 0.252 e. The zero-order chi connectivity index (χ0) is 63.1. The largest absolute Gasteiger partial charge is 0.311 e. The van der Waals surface area contributed by atoms with Gasteiger partial charge in [-0.1, -0.05) is 253 Å². The molecule has 2 aliphatic rings. The molecule has 0 atom stereocenters. The van der Waals surface area contributed by atoms with E-state index in [1.54, 1.807) is 0 Å². The van der Waals surface area contributed by atoms with Gasteiger partial charge in [0.25, 0.3) is 6.71 Å². The molecule has 0 unspecified atom stereocenters. The van der Waals surface area contributed by atoms with Crippen molar-refractivity contribution in [2.75, 3.05) is 9.80 Å². The van der Waals surface area contributed by atoms with Crippen molar-refractivity contribution in [3.05, 3.63) is 283 Å². The second-order valence-electron chi connectivity index (χ2n) is 29.2. The van der Waals surface area contributed by atoms with Crippen LogP contribution in [0.2, 0.25) is 0 Å². The standard InChI is InChI=1S/C86H79BN4/c1-83(2,3)67-43-64(44-68(53-67)84(4,5)6)75-55-76(89-82(88-75)66-45-69(85(7,8)9)54-70(46-66)86(10,11)12)65-51-79-81-80(52-65)91(72-49-62(58-33-21-15-22-34-58)42-63(50-72)59-35-23-16-24-36-59)78-40-28-26-38-74(78)87(81)73-37-25-27-39-77(73)90(79)71-47-60(56-29-17-13-18-30-56)41-61(48-71)57-31-19-14-20-32-57/h13-55H,1-12H3. The lowest BCUT2D eigenvalue weighted by Crippen LogP contribution is -2.61. The lowest BCUT2D eigenvalue weighted by molar-refractivity contribution is 0.568. The van der Waals surface area contributed by atoms with Gasteiger partial charge >= 0.3 is 0 Å². The predicted molar refractivity (Wildman–Crippen MR) is 389 cm³/mol. The molecular weight excluding hydrogens is 1100 g/mol. The Morgan fingerprint density at radius 3 is 0.879 bits per heavy atom. The summed E-state index contributed by atoms with van der Waals surface area (Å²) in [6.07, 6.45) is 0. The molecule has 12 aromatic rings. The Labute approximate surface area is 540 Å². The average Bonchev–Trinajstić information content (AvgIpc) is 0.713. The number of nitrogens with zero attached hydrogens (tertiary/aromatic N) is 4. The summed E-state index contributed by atoms with van der Waals surface area (Å²) in [5.74, 6) is 0.697. The molecule has 91 heavy (non-hydrogen) atoms. The number of benzene rings is 11. The van der Waals surface area contributed by atoms with Gasteiger partial charge in [-0.3, -0.25) is 0 Å². The molecule has 5 heteroatoms. The van der Waals surface area contributed by atoms with E-state index in [4.69, 9.17) is 9.97 Å².